The highest BCUT2D eigenvalue weighted by molar-refractivity contribution is 7.54. The normalized spacial score (nSPS) is 13.2. The van der Waals surface area contributed by atoms with Gasteiger partial charge in [0.1, 0.15) is 5.82 Å². The molecule has 0 N–H and O–H groups in total. The number of benzene rings is 2. The molecule has 0 saturated carbocycles. The van der Waals surface area contributed by atoms with Crippen LogP contribution in [-0.2, 0) is 20.0 Å². The Balaban J connectivity index is 2.04. The fourth-order valence-corrected chi connectivity index (χ4v) is 6.53. The van der Waals surface area contributed by atoms with Gasteiger partial charge in [-0.25, -0.2) is 4.39 Å². The van der Waals surface area contributed by atoms with Crippen LogP contribution in [0.15, 0.2) is 54.6 Å². The third-order valence-electron chi connectivity index (χ3n) is 4.12. The summed E-state index contributed by atoms with van der Waals surface area (Å²) in [6, 6.07) is 16.4. The molecule has 0 aliphatic heterocycles. The van der Waals surface area contributed by atoms with Crippen LogP contribution in [0.5, 0.6) is 0 Å². The molecule has 1 heterocycles. The van der Waals surface area contributed by atoms with Gasteiger partial charge in [0.05, 0.1) is 18.9 Å². The van der Waals surface area contributed by atoms with Crippen molar-refractivity contribution in [2.45, 2.75) is 25.9 Å². The van der Waals surface area contributed by atoms with Gasteiger partial charge >= 0.3 is 7.60 Å². The summed E-state index contributed by atoms with van der Waals surface area (Å²) in [4.78, 5) is 0.959. The molecule has 3 nitrogen and oxygen atoms in total. The molecule has 3 aromatic rings. The minimum absolute atomic E-state index is 0.287. The van der Waals surface area contributed by atoms with Crippen molar-refractivity contribution in [2.24, 2.45) is 0 Å². The highest BCUT2D eigenvalue weighted by Gasteiger charge is 2.38. The van der Waals surface area contributed by atoms with Crippen LogP contribution in [0.2, 0.25) is 0 Å². The molecule has 1 atom stereocenters. The molecule has 138 valence electrons. The van der Waals surface area contributed by atoms with E-state index in [1.54, 1.807) is 23.5 Å². The number of hydrogen-bond acceptors (Lipinski definition) is 4. The maximum absolute atomic E-state index is 13.6. The summed E-state index contributed by atoms with van der Waals surface area (Å²) >= 11 is 1.60. The third-order valence-corrected chi connectivity index (χ3v) is 7.98. The molecule has 0 aliphatic carbocycles. The minimum Gasteiger partial charge on any atom is -0.308 e. The van der Waals surface area contributed by atoms with Crippen LogP contribution in [0.25, 0.3) is 10.1 Å². The van der Waals surface area contributed by atoms with Gasteiger partial charge in [0, 0.05) is 9.58 Å². The summed E-state index contributed by atoms with van der Waals surface area (Å²) < 4.78 is 39.2. The van der Waals surface area contributed by atoms with E-state index in [9.17, 15) is 8.96 Å². The SMILES string of the molecule is CCOP(=O)(OCC)C(Cc1ccc(F)cc1)c1cc2ccccc2s1. The zero-order valence-corrected chi connectivity index (χ0v) is 16.6. The van der Waals surface area contributed by atoms with E-state index in [0.717, 1.165) is 20.5 Å². The van der Waals surface area contributed by atoms with Gasteiger partial charge in [-0.1, -0.05) is 30.3 Å². The summed E-state index contributed by atoms with van der Waals surface area (Å²) in [5.41, 5.74) is 0.471. The van der Waals surface area contributed by atoms with Crippen LogP contribution >= 0.6 is 18.9 Å². The highest BCUT2D eigenvalue weighted by atomic mass is 32.1. The maximum atomic E-state index is 13.6. The number of thiophene rings is 1. The lowest BCUT2D eigenvalue weighted by Gasteiger charge is -2.25. The van der Waals surface area contributed by atoms with Crippen molar-refractivity contribution in [3.05, 3.63) is 70.9 Å². The third kappa shape index (κ3) is 4.24. The zero-order valence-electron chi connectivity index (χ0n) is 14.9. The monoisotopic (exact) mass is 392 g/mol. The van der Waals surface area contributed by atoms with Gasteiger partial charge in [0.25, 0.3) is 0 Å². The Morgan fingerprint density at radius 3 is 2.31 bits per heavy atom. The Hall–Kier alpha value is -1.52. The van der Waals surface area contributed by atoms with E-state index in [-0.39, 0.29) is 5.82 Å². The van der Waals surface area contributed by atoms with E-state index in [0.29, 0.717) is 19.6 Å². The maximum Gasteiger partial charge on any atom is 0.339 e. The first-order chi connectivity index (χ1) is 12.6. The molecule has 0 fully saturated rings. The summed E-state index contributed by atoms with van der Waals surface area (Å²) in [6.07, 6.45) is 0.463. The minimum atomic E-state index is -3.37. The van der Waals surface area contributed by atoms with Gasteiger partial charge in [0.15, 0.2) is 0 Å². The van der Waals surface area contributed by atoms with E-state index >= 15 is 0 Å². The standard InChI is InChI=1S/C20H22FO3PS/c1-3-23-25(22,24-4-2)18(13-15-9-11-17(21)12-10-15)20-14-16-7-5-6-8-19(16)26-20/h5-12,14,18H,3-4,13H2,1-2H3. The highest BCUT2D eigenvalue weighted by Crippen LogP contribution is 2.63. The second-order valence-corrected chi connectivity index (χ2v) is 9.24. The number of halogens is 1. The van der Waals surface area contributed by atoms with Crippen molar-refractivity contribution < 1.29 is 18.0 Å². The molecule has 1 unspecified atom stereocenters. The Labute approximate surface area is 157 Å². The molecule has 26 heavy (non-hydrogen) atoms. The van der Waals surface area contributed by atoms with Crippen LogP contribution in [0, 0.1) is 5.82 Å². The smallest absolute Gasteiger partial charge is 0.308 e. The molecule has 3 rings (SSSR count). The second-order valence-electron chi connectivity index (χ2n) is 5.91. The predicted molar refractivity (Wildman–Crippen MR) is 106 cm³/mol. The zero-order chi connectivity index (χ0) is 18.6. The van der Waals surface area contributed by atoms with Crippen molar-refractivity contribution in [1.29, 1.82) is 0 Å². The van der Waals surface area contributed by atoms with Crippen LogP contribution in [0.3, 0.4) is 0 Å². The first kappa shape index (κ1) is 19.2. The lowest BCUT2D eigenvalue weighted by atomic mass is 10.1. The Morgan fingerprint density at radius 2 is 1.69 bits per heavy atom. The fraction of sp³-hybridized carbons (Fsp3) is 0.300. The van der Waals surface area contributed by atoms with Crippen LogP contribution in [-0.4, -0.2) is 13.2 Å². The fourth-order valence-electron chi connectivity index (χ4n) is 2.96. The average molecular weight is 392 g/mol. The van der Waals surface area contributed by atoms with E-state index in [4.69, 9.17) is 9.05 Å². The Bertz CT molecular complexity index is 864. The molecule has 2 aromatic carbocycles. The molecular formula is C20H22FO3PS. The van der Waals surface area contributed by atoms with Crippen molar-refractivity contribution in [1.82, 2.24) is 0 Å². The lowest BCUT2D eigenvalue weighted by molar-refractivity contribution is 0.212. The summed E-state index contributed by atoms with van der Waals surface area (Å²) in [5.74, 6) is -0.287. The molecule has 0 aliphatic rings. The molecule has 6 heteroatoms. The molecule has 1 aromatic heterocycles. The van der Waals surface area contributed by atoms with Gasteiger partial charge in [-0.05, 0) is 55.5 Å². The van der Waals surface area contributed by atoms with Crippen molar-refractivity contribution in [2.75, 3.05) is 13.2 Å². The second kappa shape index (κ2) is 8.45. The molecular weight excluding hydrogens is 370 g/mol. The predicted octanol–water partition coefficient (Wildman–Crippen LogP) is 6.59. The van der Waals surface area contributed by atoms with E-state index in [1.165, 1.54) is 12.1 Å². The lowest BCUT2D eigenvalue weighted by Crippen LogP contribution is -2.08. The van der Waals surface area contributed by atoms with Crippen molar-refractivity contribution >= 4 is 29.0 Å². The summed E-state index contributed by atoms with van der Waals surface area (Å²) in [6.45, 7) is 4.24. The topological polar surface area (TPSA) is 35.5 Å². The Kier molecular flexibility index (Phi) is 6.25. The number of hydrogen-bond donors (Lipinski definition) is 0. The van der Waals surface area contributed by atoms with Gasteiger partial charge in [-0.2, -0.15) is 0 Å². The largest absolute Gasteiger partial charge is 0.339 e. The average Bonchev–Trinajstić information content (AvgIpc) is 3.05. The molecule has 0 amide bonds. The van der Waals surface area contributed by atoms with Crippen LogP contribution in [0.4, 0.5) is 4.39 Å². The number of rotatable bonds is 8. The van der Waals surface area contributed by atoms with Gasteiger partial charge in [-0.3, -0.25) is 4.57 Å². The van der Waals surface area contributed by atoms with Gasteiger partial charge < -0.3 is 9.05 Å². The Morgan fingerprint density at radius 1 is 1.04 bits per heavy atom. The van der Waals surface area contributed by atoms with Crippen LogP contribution < -0.4 is 0 Å². The summed E-state index contributed by atoms with van der Waals surface area (Å²) in [7, 11) is -3.37. The molecule has 0 radical (unpaired) electrons. The van der Waals surface area contributed by atoms with Crippen molar-refractivity contribution in [3.8, 4) is 0 Å². The van der Waals surface area contributed by atoms with E-state index in [1.807, 2.05) is 38.1 Å². The number of fused-ring (bicyclic) bond motifs is 1. The van der Waals surface area contributed by atoms with E-state index in [2.05, 4.69) is 6.07 Å². The van der Waals surface area contributed by atoms with Gasteiger partial charge in [0.2, 0.25) is 0 Å². The quantitative estimate of drug-likeness (QED) is 0.406. The van der Waals surface area contributed by atoms with E-state index < -0.39 is 13.3 Å². The first-order valence-electron chi connectivity index (χ1n) is 8.67. The molecule has 0 spiro atoms. The first-order valence-corrected chi connectivity index (χ1v) is 11.1. The molecule has 0 saturated heterocycles. The van der Waals surface area contributed by atoms with Crippen LogP contribution in [0.1, 0.15) is 29.9 Å². The van der Waals surface area contributed by atoms with Gasteiger partial charge in [-0.15, -0.1) is 11.3 Å². The summed E-state index contributed by atoms with van der Waals surface area (Å²) in [5, 5.41) is 1.11. The molecule has 0 bridgehead atoms. The van der Waals surface area contributed by atoms with Crippen molar-refractivity contribution in [3.63, 3.8) is 0 Å².